The molecule has 0 spiro atoms. The molecule has 14 nitrogen and oxygen atoms in total. The van der Waals surface area contributed by atoms with Crippen LogP contribution in [0.2, 0.25) is 0 Å². The van der Waals surface area contributed by atoms with Gasteiger partial charge in [0.1, 0.15) is 23.3 Å². The normalized spacial score (nSPS) is 12.6. The number of nitrogens with one attached hydrogen (secondary N) is 4. The second-order valence-corrected chi connectivity index (χ2v) is 11.4. The Hall–Kier alpha value is -4.62. The predicted octanol–water partition coefficient (Wildman–Crippen LogP) is 1.00. The van der Waals surface area contributed by atoms with Crippen LogP contribution in [0.3, 0.4) is 0 Å². The van der Waals surface area contributed by atoms with Crippen molar-refractivity contribution >= 4 is 40.7 Å². The number of amides is 4. The van der Waals surface area contributed by atoms with Gasteiger partial charge in [-0.05, 0) is 58.1 Å². The number of ether oxygens (including phenoxy) is 1. The molecule has 0 saturated heterocycles. The number of benzene rings is 1. The molecular weight excluding hydrogens is 558 g/mol. The summed E-state index contributed by atoms with van der Waals surface area (Å²) in [6.45, 7) is 8.53. The Labute approximate surface area is 250 Å². The van der Waals surface area contributed by atoms with Gasteiger partial charge in [-0.15, -0.1) is 0 Å². The van der Waals surface area contributed by atoms with E-state index in [2.05, 4.69) is 26.3 Å². The highest BCUT2D eigenvalue weighted by molar-refractivity contribution is 5.92. The number of nitrogens with two attached hydrogens (primary N) is 2. The van der Waals surface area contributed by atoms with Gasteiger partial charge < -0.3 is 41.9 Å². The van der Waals surface area contributed by atoms with Crippen molar-refractivity contribution in [2.24, 2.45) is 22.4 Å². The van der Waals surface area contributed by atoms with Gasteiger partial charge in [-0.3, -0.25) is 19.4 Å². The summed E-state index contributed by atoms with van der Waals surface area (Å²) in [5, 5.41) is 11.0. The minimum Gasteiger partial charge on any atom is -0.444 e. The Morgan fingerprint density at radius 3 is 2.33 bits per heavy atom. The van der Waals surface area contributed by atoms with Crippen molar-refractivity contribution < 1.29 is 28.3 Å². The number of alkyl carbamates (subject to hydrolysis) is 1. The summed E-state index contributed by atoms with van der Waals surface area (Å²) >= 11 is 0. The van der Waals surface area contributed by atoms with Gasteiger partial charge in [0, 0.05) is 11.9 Å². The number of fused-ring (bicyclic) bond motifs is 1. The molecule has 14 heteroatoms. The molecule has 1 aromatic heterocycles. The zero-order chi connectivity index (χ0) is 32.2. The molecule has 4 amide bonds. The first-order chi connectivity index (χ1) is 20.1. The highest BCUT2D eigenvalue weighted by atomic mass is 16.6. The topological polar surface area (TPSA) is 220 Å². The van der Waals surface area contributed by atoms with E-state index in [1.54, 1.807) is 51.1 Å². The molecule has 2 atom stereocenters. The molecular formula is C29H43N7O7. The first-order valence-corrected chi connectivity index (χ1v) is 14.1. The molecule has 2 unspecified atom stereocenters. The summed E-state index contributed by atoms with van der Waals surface area (Å²) in [6, 6.07) is 6.66. The van der Waals surface area contributed by atoms with Gasteiger partial charge in [0.15, 0.2) is 5.96 Å². The van der Waals surface area contributed by atoms with E-state index in [-0.39, 0.29) is 37.0 Å². The predicted molar refractivity (Wildman–Crippen MR) is 162 cm³/mol. The number of para-hydroxylation sites is 1. The number of guanidine groups is 1. The van der Waals surface area contributed by atoms with Crippen molar-refractivity contribution in [2.45, 2.75) is 78.1 Å². The molecule has 0 radical (unpaired) electrons. The van der Waals surface area contributed by atoms with Crippen LogP contribution in [0.15, 0.2) is 44.5 Å². The van der Waals surface area contributed by atoms with Crippen molar-refractivity contribution in [1.29, 1.82) is 0 Å². The molecule has 0 saturated carbocycles. The molecule has 236 valence electrons. The van der Waals surface area contributed by atoms with Crippen molar-refractivity contribution in [3.05, 3.63) is 46.3 Å². The van der Waals surface area contributed by atoms with Gasteiger partial charge in [-0.2, -0.15) is 0 Å². The fourth-order valence-corrected chi connectivity index (χ4v) is 3.99. The number of carbonyl (C=O) groups is 4. The zero-order valence-electron chi connectivity index (χ0n) is 25.3. The quantitative estimate of drug-likeness (QED) is 0.0786. The summed E-state index contributed by atoms with van der Waals surface area (Å²) in [5.74, 6) is -1.82. The summed E-state index contributed by atoms with van der Waals surface area (Å²) < 4.78 is 10.6. The van der Waals surface area contributed by atoms with Gasteiger partial charge in [0.2, 0.25) is 17.7 Å². The molecule has 2 aromatic rings. The standard InChI is InChI=1S/C29H43N7O7/c1-17(2)13-21(36-28(41)43-29(3,4)5)25(39)34-16-23(37)35-20(10-8-12-32-27(30)31)24(38)33-15-19-14-18-9-6-7-11-22(18)42-26(19)40/h6-7,9,11,14,17,20-21H,8,10,12-13,15-16H2,1-5H3,(H,33,38)(H,34,39)(H,35,37)(H,36,41)(H4,30,31,32). The van der Waals surface area contributed by atoms with Gasteiger partial charge in [-0.25, -0.2) is 9.59 Å². The Morgan fingerprint density at radius 2 is 1.67 bits per heavy atom. The first-order valence-electron chi connectivity index (χ1n) is 14.1. The van der Waals surface area contributed by atoms with Crippen LogP contribution < -0.4 is 38.4 Å². The molecule has 1 aromatic carbocycles. The Balaban J connectivity index is 2.04. The number of hydrogen-bond donors (Lipinski definition) is 6. The molecule has 0 aliphatic carbocycles. The SMILES string of the molecule is CC(C)CC(NC(=O)OC(C)(C)C)C(=O)NCC(=O)NC(CCCN=C(N)N)C(=O)NCc1cc2ccccc2oc1=O. The third kappa shape index (κ3) is 12.8. The van der Waals surface area contributed by atoms with E-state index in [0.29, 0.717) is 23.8 Å². The zero-order valence-corrected chi connectivity index (χ0v) is 25.3. The van der Waals surface area contributed by atoms with Crippen LogP contribution >= 0.6 is 0 Å². The maximum absolute atomic E-state index is 13.1. The largest absolute Gasteiger partial charge is 0.444 e. The highest BCUT2D eigenvalue weighted by Gasteiger charge is 2.26. The average molecular weight is 602 g/mol. The fraction of sp³-hybridized carbons (Fsp3) is 0.517. The lowest BCUT2D eigenvalue weighted by Crippen LogP contribution is -2.52. The van der Waals surface area contributed by atoms with E-state index in [9.17, 15) is 24.0 Å². The molecule has 0 bridgehead atoms. The molecule has 0 fully saturated rings. The molecule has 43 heavy (non-hydrogen) atoms. The third-order valence-corrected chi connectivity index (χ3v) is 5.90. The first kappa shape index (κ1) is 34.6. The van der Waals surface area contributed by atoms with Crippen molar-refractivity contribution in [3.63, 3.8) is 0 Å². The number of carbonyl (C=O) groups excluding carboxylic acids is 4. The molecule has 8 N–H and O–H groups in total. The smallest absolute Gasteiger partial charge is 0.408 e. The molecule has 0 aliphatic rings. The number of aliphatic imine (C=N–C) groups is 1. The number of hydrogen-bond acceptors (Lipinski definition) is 8. The van der Waals surface area contributed by atoms with Crippen molar-refractivity contribution in [1.82, 2.24) is 21.3 Å². The fourth-order valence-electron chi connectivity index (χ4n) is 3.99. The minimum atomic E-state index is -1.02. The Bertz CT molecular complexity index is 1360. The van der Waals surface area contributed by atoms with Crippen LogP contribution in [0.1, 0.15) is 59.4 Å². The number of nitrogens with zero attached hydrogens (tertiary/aromatic N) is 1. The van der Waals surface area contributed by atoms with Crippen LogP contribution in [-0.4, -0.2) is 60.5 Å². The van der Waals surface area contributed by atoms with Crippen molar-refractivity contribution in [2.75, 3.05) is 13.1 Å². The van der Waals surface area contributed by atoms with Gasteiger partial charge in [0.05, 0.1) is 18.7 Å². The lowest BCUT2D eigenvalue weighted by Gasteiger charge is -2.24. The summed E-state index contributed by atoms with van der Waals surface area (Å²) in [6.07, 6.45) is 0.0864. The Kier molecular flexibility index (Phi) is 13.0. The second-order valence-electron chi connectivity index (χ2n) is 11.4. The monoisotopic (exact) mass is 601 g/mol. The van der Waals surface area contributed by atoms with Gasteiger partial charge >= 0.3 is 11.7 Å². The Morgan fingerprint density at radius 1 is 1.00 bits per heavy atom. The molecule has 0 aliphatic heterocycles. The third-order valence-electron chi connectivity index (χ3n) is 5.90. The minimum absolute atomic E-state index is 0.0582. The van der Waals surface area contributed by atoms with Gasteiger partial charge in [-0.1, -0.05) is 32.0 Å². The van der Waals surface area contributed by atoms with E-state index < -0.39 is 53.7 Å². The van der Waals surface area contributed by atoms with Crippen LogP contribution in [0, 0.1) is 5.92 Å². The summed E-state index contributed by atoms with van der Waals surface area (Å²) in [5.41, 5.74) is 10.0. The van der Waals surface area contributed by atoms with Crippen LogP contribution in [0.4, 0.5) is 4.79 Å². The van der Waals surface area contributed by atoms with Gasteiger partial charge in [0.25, 0.3) is 0 Å². The number of rotatable bonds is 14. The molecule has 1 heterocycles. The second kappa shape index (κ2) is 16.1. The molecule has 2 rings (SSSR count). The van der Waals surface area contributed by atoms with Crippen LogP contribution in [0.5, 0.6) is 0 Å². The lowest BCUT2D eigenvalue weighted by atomic mass is 10.0. The van der Waals surface area contributed by atoms with E-state index in [0.717, 1.165) is 0 Å². The van der Waals surface area contributed by atoms with E-state index in [4.69, 9.17) is 20.6 Å². The maximum atomic E-state index is 13.1. The lowest BCUT2D eigenvalue weighted by molar-refractivity contribution is -0.130. The van der Waals surface area contributed by atoms with E-state index >= 15 is 0 Å². The van der Waals surface area contributed by atoms with E-state index in [1.165, 1.54) is 0 Å². The van der Waals surface area contributed by atoms with Crippen LogP contribution in [-0.2, 0) is 25.7 Å². The summed E-state index contributed by atoms with van der Waals surface area (Å²) in [7, 11) is 0. The summed E-state index contributed by atoms with van der Waals surface area (Å²) in [4.78, 5) is 67.2. The average Bonchev–Trinajstić information content (AvgIpc) is 2.90. The van der Waals surface area contributed by atoms with Crippen molar-refractivity contribution in [3.8, 4) is 0 Å². The maximum Gasteiger partial charge on any atom is 0.408 e. The van der Waals surface area contributed by atoms with Crippen LogP contribution in [0.25, 0.3) is 11.0 Å². The van der Waals surface area contributed by atoms with E-state index in [1.807, 2.05) is 13.8 Å². The highest BCUT2D eigenvalue weighted by Crippen LogP contribution is 2.13.